The summed E-state index contributed by atoms with van der Waals surface area (Å²) in [6, 6.07) is 8.11. The fourth-order valence-corrected chi connectivity index (χ4v) is 4.46. The number of benzene rings is 2. The van der Waals surface area contributed by atoms with Gasteiger partial charge in [0.25, 0.3) is 11.8 Å². The lowest BCUT2D eigenvalue weighted by Crippen LogP contribution is -2.29. The van der Waals surface area contributed by atoms with E-state index in [1.54, 1.807) is 0 Å². The van der Waals surface area contributed by atoms with Crippen LogP contribution >= 0.6 is 7.60 Å². The maximum atomic E-state index is 13.3. The van der Waals surface area contributed by atoms with Gasteiger partial charge in [-0.25, -0.2) is 13.8 Å². The second kappa shape index (κ2) is 9.40. The number of imide groups is 1. The fraction of sp³-hybridized carbons (Fsp3) is 0.130. The lowest BCUT2D eigenvalue weighted by Gasteiger charge is -2.16. The summed E-state index contributed by atoms with van der Waals surface area (Å²) in [5, 5.41) is 19.7. The SMILES string of the molecule is C=C(OP(=O)(O)CCOc1c2c(c(O)c3ncccc13)C(=O)N(Cc1ccc(F)cc1)C2=O)C(=O)O. The number of halogens is 1. The van der Waals surface area contributed by atoms with Crippen LogP contribution in [0.25, 0.3) is 10.9 Å². The molecule has 2 amide bonds. The van der Waals surface area contributed by atoms with Crippen molar-refractivity contribution in [1.29, 1.82) is 0 Å². The molecule has 0 spiro atoms. The van der Waals surface area contributed by atoms with Gasteiger partial charge in [-0.05, 0) is 36.4 Å². The van der Waals surface area contributed by atoms with Gasteiger partial charge in [-0.3, -0.25) is 19.5 Å². The number of rotatable bonds is 9. The summed E-state index contributed by atoms with van der Waals surface area (Å²) >= 11 is 0. The molecule has 3 aromatic rings. The second-order valence-corrected chi connectivity index (χ2v) is 9.58. The summed E-state index contributed by atoms with van der Waals surface area (Å²) in [7, 11) is -4.48. The molecule has 4 rings (SSSR count). The third-order valence-electron chi connectivity index (χ3n) is 5.27. The number of amides is 2. The molecule has 2 aromatic carbocycles. The van der Waals surface area contributed by atoms with Crippen molar-refractivity contribution < 1.29 is 47.7 Å². The molecular formula is C23H18FN2O9P. The number of hydrogen-bond donors (Lipinski definition) is 3. The average molecular weight is 516 g/mol. The molecule has 1 aromatic heterocycles. The zero-order valence-corrected chi connectivity index (χ0v) is 19.3. The smallest absolute Gasteiger partial charge is 0.380 e. The van der Waals surface area contributed by atoms with E-state index in [0.29, 0.717) is 5.56 Å². The Morgan fingerprint density at radius 3 is 2.47 bits per heavy atom. The number of pyridine rings is 1. The summed E-state index contributed by atoms with van der Waals surface area (Å²) in [5.74, 6) is -5.39. The zero-order chi connectivity index (χ0) is 26.2. The summed E-state index contributed by atoms with van der Waals surface area (Å²) in [5.41, 5.74) is -0.221. The number of carbonyl (C=O) groups excluding carboxylic acids is 2. The van der Waals surface area contributed by atoms with Gasteiger partial charge in [-0.1, -0.05) is 12.1 Å². The number of hydrogen-bond acceptors (Lipinski definition) is 8. The number of aromatic nitrogens is 1. The van der Waals surface area contributed by atoms with Gasteiger partial charge in [0.15, 0.2) is 5.75 Å². The molecule has 0 saturated carbocycles. The second-order valence-electron chi connectivity index (χ2n) is 7.68. The molecule has 2 heterocycles. The molecular weight excluding hydrogens is 498 g/mol. The lowest BCUT2D eigenvalue weighted by atomic mass is 10.0. The minimum absolute atomic E-state index is 0.0429. The first-order chi connectivity index (χ1) is 17.0. The third-order valence-corrected chi connectivity index (χ3v) is 6.53. The van der Waals surface area contributed by atoms with Gasteiger partial charge < -0.3 is 24.4 Å². The molecule has 0 fully saturated rings. The minimum atomic E-state index is -4.48. The summed E-state index contributed by atoms with van der Waals surface area (Å²) in [6.07, 6.45) is 0.668. The van der Waals surface area contributed by atoms with Gasteiger partial charge in [0, 0.05) is 11.6 Å². The van der Waals surface area contributed by atoms with Crippen molar-refractivity contribution in [3.63, 3.8) is 0 Å². The molecule has 0 aliphatic carbocycles. The van der Waals surface area contributed by atoms with E-state index in [0.717, 1.165) is 4.90 Å². The third kappa shape index (κ3) is 4.64. The Balaban J connectivity index is 1.69. The van der Waals surface area contributed by atoms with Crippen molar-refractivity contribution in [3.8, 4) is 11.5 Å². The van der Waals surface area contributed by atoms with Crippen LogP contribution in [0.4, 0.5) is 4.39 Å². The van der Waals surface area contributed by atoms with Crippen LogP contribution in [0.15, 0.2) is 54.9 Å². The van der Waals surface area contributed by atoms with E-state index in [1.807, 2.05) is 0 Å². The molecule has 3 N–H and O–H groups in total. The molecule has 13 heteroatoms. The highest BCUT2D eigenvalue weighted by molar-refractivity contribution is 7.53. The van der Waals surface area contributed by atoms with E-state index in [4.69, 9.17) is 9.84 Å². The molecule has 1 aliphatic rings. The Morgan fingerprint density at radius 2 is 1.81 bits per heavy atom. The van der Waals surface area contributed by atoms with Crippen molar-refractivity contribution in [3.05, 3.63) is 77.4 Å². The first kappa shape index (κ1) is 24.8. The van der Waals surface area contributed by atoms with Gasteiger partial charge in [-0.15, -0.1) is 0 Å². The highest BCUT2D eigenvalue weighted by atomic mass is 31.2. The average Bonchev–Trinajstić information content (AvgIpc) is 3.07. The topological polar surface area (TPSA) is 164 Å². The van der Waals surface area contributed by atoms with Crippen LogP contribution in [-0.4, -0.2) is 55.5 Å². The molecule has 36 heavy (non-hydrogen) atoms. The van der Waals surface area contributed by atoms with Gasteiger partial charge in [0.1, 0.15) is 29.3 Å². The van der Waals surface area contributed by atoms with Crippen LogP contribution in [0, 0.1) is 5.82 Å². The largest absolute Gasteiger partial charge is 0.505 e. The Kier molecular flexibility index (Phi) is 6.49. The molecule has 0 radical (unpaired) electrons. The van der Waals surface area contributed by atoms with Crippen molar-refractivity contribution >= 4 is 36.3 Å². The summed E-state index contributed by atoms with van der Waals surface area (Å²) < 4.78 is 35.6. The maximum Gasteiger partial charge on any atom is 0.380 e. The molecule has 186 valence electrons. The van der Waals surface area contributed by atoms with Gasteiger partial charge >= 0.3 is 13.6 Å². The van der Waals surface area contributed by atoms with Crippen LogP contribution in [-0.2, 0) is 20.4 Å². The number of ether oxygens (including phenoxy) is 1. The normalized spacial score (nSPS) is 14.4. The van der Waals surface area contributed by atoms with Crippen LogP contribution in [0.3, 0.4) is 0 Å². The number of carboxylic acid groups (broad SMARTS) is 1. The number of nitrogens with zero attached hydrogens (tertiary/aromatic N) is 2. The standard InChI is InChI=1S/C23H18FN2O9P/c1-12(23(30)31)35-36(32,33)10-9-34-20-15-3-2-8-25-18(15)19(27)16-17(20)22(29)26(21(16)28)11-13-4-6-14(24)7-5-13/h2-8,27H,1,9-11H2,(H,30,31)(H,32,33). The van der Waals surface area contributed by atoms with Crippen LogP contribution < -0.4 is 4.74 Å². The monoisotopic (exact) mass is 516 g/mol. The lowest BCUT2D eigenvalue weighted by molar-refractivity contribution is -0.135. The van der Waals surface area contributed by atoms with Crippen molar-refractivity contribution in [2.24, 2.45) is 0 Å². The predicted octanol–water partition coefficient (Wildman–Crippen LogP) is 3.05. The van der Waals surface area contributed by atoms with E-state index in [2.05, 4.69) is 16.1 Å². The van der Waals surface area contributed by atoms with Crippen LogP contribution in [0.5, 0.6) is 11.5 Å². The van der Waals surface area contributed by atoms with E-state index in [9.17, 15) is 33.3 Å². The van der Waals surface area contributed by atoms with Crippen LogP contribution in [0.2, 0.25) is 0 Å². The number of aliphatic carboxylic acids is 1. The first-order valence-electron chi connectivity index (χ1n) is 10.3. The Morgan fingerprint density at radius 1 is 1.14 bits per heavy atom. The molecule has 1 aliphatic heterocycles. The Labute approximate surface area is 202 Å². The molecule has 0 saturated heterocycles. The zero-order valence-electron chi connectivity index (χ0n) is 18.4. The summed E-state index contributed by atoms with van der Waals surface area (Å²) in [4.78, 5) is 52.0. The van der Waals surface area contributed by atoms with Gasteiger partial charge in [-0.2, -0.15) is 0 Å². The van der Waals surface area contributed by atoms with E-state index in [-0.39, 0.29) is 34.3 Å². The number of fused-ring (bicyclic) bond motifs is 2. The highest BCUT2D eigenvalue weighted by Crippen LogP contribution is 2.46. The molecule has 1 unspecified atom stereocenters. The van der Waals surface area contributed by atoms with E-state index < -0.39 is 55.5 Å². The number of phenolic OH excluding ortho intramolecular Hbond substituents is 1. The molecule has 0 bridgehead atoms. The van der Waals surface area contributed by atoms with Crippen molar-refractivity contribution in [2.45, 2.75) is 6.54 Å². The Hall–Kier alpha value is -4.28. The number of carbonyl (C=O) groups is 3. The first-order valence-corrected chi connectivity index (χ1v) is 12.1. The fourth-order valence-electron chi connectivity index (χ4n) is 3.62. The number of phenols is 1. The van der Waals surface area contributed by atoms with Crippen molar-refractivity contribution in [2.75, 3.05) is 12.8 Å². The van der Waals surface area contributed by atoms with Crippen LogP contribution in [0.1, 0.15) is 26.3 Å². The summed E-state index contributed by atoms with van der Waals surface area (Å²) in [6.45, 7) is 2.29. The minimum Gasteiger partial charge on any atom is -0.505 e. The van der Waals surface area contributed by atoms with Crippen molar-refractivity contribution in [1.82, 2.24) is 9.88 Å². The molecule has 1 atom stereocenters. The predicted molar refractivity (Wildman–Crippen MR) is 122 cm³/mol. The quantitative estimate of drug-likeness (QED) is 0.167. The molecule has 11 nitrogen and oxygen atoms in total. The van der Waals surface area contributed by atoms with Gasteiger partial charge in [0.2, 0.25) is 5.76 Å². The van der Waals surface area contributed by atoms with Gasteiger partial charge in [0.05, 0.1) is 18.3 Å². The van der Waals surface area contributed by atoms with E-state index in [1.165, 1.54) is 42.6 Å². The number of carboxylic acids is 1. The maximum absolute atomic E-state index is 13.3. The van der Waals surface area contributed by atoms with E-state index >= 15 is 0 Å². The Bertz CT molecular complexity index is 1470. The highest BCUT2D eigenvalue weighted by Gasteiger charge is 2.42. The number of aromatic hydroxyl groups is 1.